The van der Waals surface area contributed by atoms with Crippen LogP contribution < -0.4 is 0 Å². The van der Waals surface area contributed by atoms with Gasteiger partial charge in [0.2, 0.25) is 0 Å². The molecule has 1 aliphatic rings. The fourth-order valence-electron chi connectivity index (χ4n) is 2.46. The van der Waals surface area contributed by atoms with E-state index < -0.39 is 0 Å². The molecular weight excluding hydrogens is 236 g/mol. The van der Waals surface area contributed by atoms with Crippen molar-refractivity contribution in [2.75, 3.05) is 0 Å². The Labute approximate surface area is 104 Å². The van der Waals surface area contributed by atoms with Gasteiger partial charge in [0.15, 0.2) is 5.78 Å². The number of aromatic nitrogens is 2. The summed E-state index contributed by atoms with van der Waals surface area (Å²) in [4.78, 5) is 16.5. The number of benzene rings is 1. The van der Waals surface area contributed by atoms with Crippen molar-refractivity contribution in [1.29, 1.82) is 0 Å². The van der Waals surface area contributed by atoms with E-state index in [4.69, 9.17) is 11.6 Å². The summed E-state index contributed by atoms with van der Waals surface area (Å²) in [6.45, 7) is 4.93. The molecule has 0 fully saturated rings. The van der Waals surface area contributed by atoms with E-state index in [2.05, 4.69) is 23.4 Å². The number of imidazole rings is 1. The van der Waals surface area contributed by atoms with Crippen molar-refractivity contribution >= 4 is 28.4 Å². The molecule has 0 atom stereocenters. The Morgan fingerprint density at radius 1 is 1.41 bits per heavy atom. The number of rotatable bonds is 1. The highest BCUT2D eigenvalue weighted by atomic mass is 35.5. The van der Waals surface area contributed by atoms with E-state index in [0.717, 1.165) is 29.0 Å². The molecule has 1 aromatic carbocycles. The number of halogens is 1. The molecule has 88 valence electrons. The highest BCUT2D eigenvalue weighted by Crippen LogP contribution is 2.33. The summed E-state index contributed by atoms with van der Waals surface area (Å²) in [5.74, 6) is 1.54. The number of ketones is 1. The second-order valence-electron chi connectivity index (χ2n) is 4.74. The number of hydrogen-bond donors (Lipinski definition) is 0. The van der Waals surface area contributed by atoms with Crippen LogP contribution >= 0.6 is 11.6 Å². The Bertz CT molecular complexity index is 628. The van der Waals surface area contributed by atoms with Crippen LogP contribution in [0.3, 0.4) is 0 Å². The van der Waals surface area contributed by atoms with Gasteiger partial charge in [0, 0.05) is 24.4 Å². The molecule has 0 aliphatic carbocycles. The molecule has 0 bridgehead atoms. The smallest absolute Gasteiger partial charge is 0.166 e. The molecular formula is C13H13ClN2O. The highest BCUT2D eigenvalue weighted by molar-refractivity contribution is 6.35. The average Bonchev–Trinajstić information content (AvgIpc) is 2.67. The predicted molar refractivity (Wildman–Crippen MR) is 67.8 cm³/mol. The van der Waals surface area contributed by atoms with Gasteiger partial charge < -0.3 is 4.57 Å². The van der Waals surface area contributed by atoms with Gasteiger partial charge in [-0.15, -0.1) is 0 Å². The van der Waals surface area contributed by atoms with Crippen LogP contribution in [-0.4, -0.2) is 15.3 Å². The number of carbonyl (C=O) groups excluding carboxylic acids is 1. The molecule has 0 amide bonds. The zero-order chi connectivity index (χ0) is 12.2. The maximum atomic E-state index is 11.9. The Morgan fingerprint density at radius 2 is 2.18 bits per heavy atom. The molecule has 1 aromatic heterocycles. The third-order valence-corrected chi connectivity index (χ3v) is 3.56. The molecule has 0 unspecified atom stereocenters. The van der Waals surface area contributed by atoms with Gasteiger partial charge in [-0.25, -0.2) is 4.98 Å². The van der Waals surface area contributed by atoms with Gasteiger partial charge in [0.05, 0.1) is 10.5 Å². The fraction of sp³-hybridized carbons (Fsp3) is 0.385. The van der Waals surface area contributed by atoms with E-state index in [9.17, 15) is 4.79 Å². The van der Waals surface area contributed by atoms with Crippen molar-refractivity contribution < 1.29 is 4.79 Å². The maximum absolute atomic E-state index is 11.9. The molecule has 2 aromatic rings. The van der Waals surface area contributed by atoms with Crippen molar-refractivity contribution in [1.82, 2.24) is 9.55 Å². The minimum atomic E-state index is 0.189. The number of aryl methyl sites for hydroxylation is 1. The summed E-state index contributed by atoms with van der Waals surface area (Å²) in [6.07, 6.45) is 0.555. The monoisotopic (exact) mass is 248 g/mol. The van der Waals surface area contributed by atoms with Crippen molar-refractivity contribution in [2.24, 2.45) is 0 Å². The topological polar surface area (TPSA) is 34.9 Å². The van der Waals surface area contributed by atoms with E-state index in [0.29, 0.717) is 17.4 Å². The van der Waals surface area contributed by atoms with E-state index in [1.54, 1.807) is 6.07 Å². The normalized spacial score (nSPS) is 14.9. The van der Waals surface area contributed by atoms with E-state index in [-0.39, 0.29) is 5.78 Å². The quantitative estimate of drug-likeness (QED) is 0.775. The maximum Gasteiger partial charge on any atom is 0.166 e. The third-order valence-electron chi connectivity index (χ3n) is 3.25. The minimum Gasteiger partial charge on any atom is -0.327 e. The van der Waals surface area contributed by atoms with Crippen LogP contribution in [0.5, 0.6) is 0 Å². The van der Waals surface area contributed by atoms with Gasteiger partial charge in [0.25, 0.3) is 0 Å². The zero-order valence-electron chi connectivity index (χ0n) is 9.83. The standard InChI is InChI=1S/C13H13ClN2O/c1-7(2)13-15-11-9(14)4-3-8-10(17)5-6-16(13)12(8)11/h3-4,7H,5-6H2,1-2H3. The summed E-state index contributed by atoms with van der Waals surface area (Å²) in [7, 11) is 0. The van der Waals surface area contributed by atoms with E-state index >= 15 is 0 Å². The van der Waals surface area contributed by atoms with Crippen LogP contribution in [0.2, 0.25) is 5.02 Å². The van der Waals surface area contributed by atoms with Crippen molar-refractivity contribution in [3.8, 4) is 0 Å². The lowest BCUT2D eigenvalue weighted by Gasteiger charge is -2.17. The molecule has 0 N–H and O–H groups in total. The first-order valence-electron chi connectivity index (χ1n) is 5.81. The molecule has 0 radical (unpaired) electrons. The highest BCUT2D eigenvalue weighted by Gasteiger charge is 2.25. The van der Waals surface area contributed by atoms with Crippen LogP contribution in [0.1, 0.15) is 42.4 Å². The van der Waals surface area contributed by atoms with E-state index in [1.165, 1.54) is 0 Å². The Balaban J connectivity index is 2.45. The van der Waals surface area contributed by atoms with Crippen LogP contribution in [-0.2, 0) is 6.54 Å². The first-order valence-corrected chi connectivity index (χ1v) is 6.19. The molecule has 17 heavy (non-hydrogen) atoms. The summed E-state index contributed by atoms with van der Waals surface area (Å²) in [5, 5.41) is 0.624. The van der Waals surface area contributed by atoms with Crippen molar-refractivity contribution in [3.63, 3.8) is 0 Å². The fourth-order valence-corrected chi connectivity index (χ4v) is 2.66. The van der Waals surface area contributed by atoms with Gasteiger partial charge >= 0.3 is 0 Å². The lowest BCUT2D eigenvalue weighted by atomic mass is 10.0. The Hall–Kier alpha value is -1.35. The number of nitrogens with zero attached hydrogens (tertiary/aromatic N) is 2. The first kappa shape index (κ1) is 10.8. The number of hydrogen-bond acceptors (Lipinski definition) is 2. The first-order chi connectivity index (χ1) is 8.09. The van der Waals surface area contributed by atoms with Crippen LogP contribution in [0.15, 0.2) is 12.1 Å². The second-order valence-corrected chi connectivity index (χ2v) is 5.15. The lowest BCUT2D eigenvalue weighted by molar-refractivity contribution is 0.0973. The zero-order valence-corrected chi connectivity index (χ0v) is 10.6. The molecule has 1 aliphatic heterocycles. The molecule has 0 saturated carbocycles. The van der Waals surface area contributed by atoms with Crippen LogP contribution in [0.4, 0.5) is 0 Å². The van der Waals surface area contributed by atoms with Crippen molar-refractivity contribution in [3.05, 3.63) is 28.5 Å². The minimum absolute atomic E-state index is 0.189. The molecule has 0 saturated heterocycles. The largest absolute Gasteiger partial charge is 0.327 e. The molecule has 4 heteroatoms. The van der Waals surface area contributed by atoms with Gasteiger partial charge in [-0.1, -0.05) is 25.4 Å². The van der Waals surface area contributed by atoms with E-state index in [1.807, 2.05) is 6.07 Å². The van der Waals surface area contributed by atoms with Gasteiger partial charge in [-0.2, -0.15) is 0 Å². The van der Waals surface area contributed by atoms with Crippen molar-refractivity contribution in [2.45, 2.75) is 32.7 Å². The summed E-state index contributed by atoms with van der Waals surface area (Å²) in [5.41, 5.74) is 2.44. The van der Waals surface area contributed by atoms with Crippen LogP contribution in [0.25, 0.3) is 11.0 Å². The van der Waals surface area contributed by atoms with Gasteiger partial charge in [-0.05, 0) is 12.1 Å². The SMILES string of the molecule is CC(C)c1nc2c(Cl)ccc3c2n1CCC3=O. The molecule has 3 rings (SSSR count). The lowest BCUT2D eigenvalue weighted by Crippen LogP contribution is -2.16. The Morgan fingerprint density at radius 3 is 2.88 bits per heavy atom. The van der Waals surface area contributed by atoms with Gasteiger partial charge in [-0.3, -0.25) is 4.79 Å². The Kier molecular flexibility index (Phi) is 2.26. The summed E-state index contributed by atoms with van der Waals surface area (Å²) >= 11 is 6.16. The summed E-state index contributed by atoms with van der Waals surface area (Å²) in [6, 6.07) is 3.58. The second kappa shape index (κ2) is 3.57. The third kappa shape index (κ3) is 1.42. The van der Waals surface area contributed by atoms with Gasteiger partial charge in [0.1, 0.15) is 11.3 Å². The molecule has 0 spiro atoms. The number of carbonyl (C=O) groups is 1. The average molecular weight is 249 g/mol. The predicted octanol–water partition coefficient (Wildman–Crippen LogP) is 3.40. The van der Waals surface area contributed by atoms with Crippen LogP contribution in [0, 0.1) is 0 Å². The summed E-state index contributed by atoms with van der Waals surface area (Å²) < 4.78 is 2.14. The molecule has 2 heterocycles. The molecule has 3 nitrogen and oxygen atoms in total. The number of Topliss-reactive ketones (excluding diaryl/α,β-unsaturated/α-hetero) is 1.